The van der Waals surface area contributed by atoms with E-state index in [0.717, 1.165) is 28.9 Å². The predicted octanol–water partition coefficient (Wildman–Crippen LogP) is 4.77. The first-order chi connectivity index (χ1) is 14.4. The van der Waals surface area contributed by atoms with E-state index >= 15 is 0 Å². The van der Waals surface area contributed by atoms with E-state index in [-0.39, 0.29) is 12.3 Å². The molecule has 1 aliphatic carbocycles. The number of rotatable bonds is 7. The number of amides is 1. The zero-order valence-electron chi connectivity index (χ0n) is 16.2. The number of hydrogen-bond acceptors (Lipinski definition) is 5. The summed E-state index contributed by atoms with van der Waals surface area (Å²) >= 11 is 12.1. The molecule has 6 nitrogen and oxygen atoms in total. The Bertz CT molecular complexity index is 1030. The third-order valence-corrected chi connectivity index (χ3v) is 7.08. The first-order valence-corrected chi connectivity index (χ1v) is 11.5. The summed E-state index contributed by atoms with van der Waals surface area (Å²) in [6.45, 7) is 1.87. The van der Waals surface area contributed by atoms with Crippen LogP contribution in [0.4, 0.5) is 5.69 Å². The van der Waals surface area contributed by atoms with Crippen LogP contribution in [-0.2, 0) is 27.8 Å². The standard InChI is InChI=1S/C21H19Cl2N3O3S/c1-2-30(28)15-5-3-13(4-6-15)9-18(27)25-14-10-16(22)19(17(23)11-14)21(7-8-21)20-24-12-29-26-20/h3-6,10-12H,2,7-9H2,1H3,(H,25,27). The monoisotopic (exact) mass is 463 g/mol. The van der Waals surface area contributed by atoms with Crippen molar-refractivity contribution in [1.29, 1.82) is 0 Å². The molecule has 0 aliphatic heterocycles. The molecule has 1 aromatic heterocycles. The average Bonchev–Trinajstić information content (AvgIpc) is 3.30. The minimum atomic E-state index is -1.01. The number of carbonyl (C=O) groups is 1. The molecule has 1 saturated carbocycles. The van der Waals surface area contributed by atoms with E-state index in [1.807, 2.05) is 19.1 Å². The van der Waals surface area contributed by atoms with Crippen molar-refractivity contribution in [3.8, 4) is 0 Å². The Morgan fingerprint density at radius 1 is 1.23 bits per heavy atom. The van der Waals surface area contributed by atoms with E-state index < -0.39 is 16.6 Å². The minimum Gasteiger partial charge on any atom is -0.611 e. The number of nitrogens with one attached hydrogen (secondary N) is 1. The van der Waals surface area contributed by atoms with Gasteiger partial charge in [0.25, 0.3) is 0 Å². The molecule has 0 bridgehead atoms. The van der Waals surface area contributed by atoms with Gasteiger partial charge in [-0.15, -0.1) is 0 Å². The number of anilines is 1. The molecular formula is C21H19Cl2N3O3S. The summed E-state index contributed by atoms with van der Waals surface area (Å²) in [6.07, 6.45) is 3.13. The smallest absolute Gasteiger partial charge is 0.228 e. The van der Waals surface area contributed by atoms with Crippen LogP contribution in [-0.4, -0.2) is 26.4 Å². The molecular weight excluding hydrogens is 445 g/mol. The van der Waals surface area contributed by atoms with Gasteiger partial charge in [0.15, 0.2) is 10.7 Å². The van der Waals surface area contributed by atoms with Crippen LogP contribution < -0.4 is 5.32 Å². The quantitative estimate of drug-likeness (QED) is 0.509. The van der Waals surface area contributed by atoms with Crippen LogP contribution in [0.2, 0.25) is 10.0 Å². The van der Waals surface area contributed by atoms with Gasteiger partial charge in [-0.2, -0.15) is 4.98 Å². The SMILES string of the molecule is CC[S+]([O-])c1ccc(CC(=O)Nc2cc(Cl)c(C3(c4ncon4)CC3)c(Cl)c2)cc1. The summed E-state index contributed by atoms with van der Waals surface area (Å²) < 4.78 is 16.7. The van der Waals surface area contributed by atoms with Crippen LogP contribution in [0.15, 0.2) is 52.2 Å². The minimum absolute atomic E-state index is 0.183. The lowest BCUT2D eigenvalue weighted by atomic mass is 9.94. The van der Waals surface area contributed by atoms with Crippen molar-refractivity contribution in [1.82, 2.24) is 10.1 Å². The van der Waals surface area contributed by atoms with Crippen molar-refractivity contribution in [2.24, 2.45) is 0 Å². The maximum atomic E-state index is 12.5. The van der Waals surface area contributed by atoms with E-state index in [2.05, 4.69) is 15.5 Å². The van der Waals surface area contributed by atoms with Gasteiger partial charge in [-0.25, -0.2) is 0 Å². The van der Waals surface area contributed by atoms with E-state index in [4.69, 9.17) is 27.7 Å². The van der Waals surface area contributed by atoms with Crippen molar-refractivity contribution in [2.75, 3.05) is 11.1 Å². The molecule has 1 heterocycles. The van der Waals surface area contributed by atoms with Crippen LogP contribution in [0.25, 0.3) is 0 Å². The Balaban J connectivity index is 1.47. The van der Waals surface area contributed by atoms with Gasteiger partial charge in [0.1, 0.15) is 5.75 Å². The highest BCUT2D eigenvalue weighted by molar-refractivity contribution is 7.91. The third kappa shape index (κ3) is 4.21. The Labute approximate surface area is 187 Å². The van der Waals surface area contributed by atoms with Gasteiger partial charge in [0.2, 0.25) is 12.3 Å². The lowest BCUT2D eigenvalue weighted by Gasteiger charge is -2.17. The fourth-order valence-electron chi connectivity index (χ4n) is 3.51. The topological polar surface area (TPSA) is 91.1 Å². The maximum absolute atomic E-state index is 12.5. The van der Waals surface area contributed by atoms with Gasteiger partial charge in [0, 0.05) is 21.3 Å². The molecule has 1 fully saturated rings. The highest BCUT2D eigenvalue weighted by Crippen LogP contribution is 2.56. The van der Waals surface area contributed by atoms with Crippen molar-refractivity contribution < 1.29 is 13.9 Å². The van der Waals surface area contributed by atoms with E-state index in [1.165, 1.54) is 6.39 Å². The molecule has 1 unspecified atom stereocenters. The Morgan fingerprint density at radius 3 is 2.43 bits per heavy atom. The van der Waals surface area contributed by atoms with Crippen LogP contribution in [0.1, 0.15) is 36.7 Å². The summed E-state index contributed by atoms with van der Waals surface area (Å²) in [7, 11) is 0. The van der Waals surface area contributed by atoms with Gasteiger partial charge >= 0.3 is 0 Å². The summed E-state index contributed by atoms with van der Waals surface area (Å²) in [5.41, 5.74) is 1.67. The van der Waals surface area contributed by atoms with Gasteiger partial charge in [-0.1, -0.05) is 40.5 Å². The highest BCUT2D eigenvalue weighted by Gasteiger charge is 2.52. The molecule has 9 heteroatoms. The Hall–Kier alpha value is -2.06. The molecule has 0 spiro atoms. The lowest BCUT2D eigenvalue weighted by Crippen LogP contribution is -2.16. The fraction of sp³-hybridized carbons (Fsp3) is 0.286. The van der Waals surface area contributed by atoms with Crippen LogP contribution in [0.3, 0.4) is 0 Å². The van der Waals surface area contributed by atoms with E-state index in [0.29, 0.717) is 27.3 Å². The summed E-state index contributed by atoms with van der Waals surface area (Å²) in [6, 6.07) is 10.6. The van der Waals surface area contributed by atoms with Crippen molar-refractivity contribution in [3.05, 3.63) is 69.8 Å². The Morgan fingerprint density at radius 2 is 1.90 bits per heavy atom. The molecule has 0 radical (unpaired) electrons. The number of aromatic nitrogens is 2. The number of hydrogen-bond donors (Lipinski definition) is 1. The summed E-state index contributed by atoms with van der Waals surface area (Å²) in [5.74, 6) is 0.930. The summed E-state index contributed by atoms with van der Waals surface area (Å²) in [5, 5.41) is 7.69. The number of benzene rings is 2. The fourth-order valence-corrected chi connectivity index (χ4v) is 5.13. The predicted molar refractivity (Wildman–Crippen MR) is 116 cm³/mol. The highest BCUT2D eigenvalue weighted by atomic mass is 35.5. The largest absolute Gasteiger partial charge is 0.611 e. The molecule has 156 valence electrons. The second-order valence-electron chi connectivity index (χ2n) is 7.15. The van der Waals surface area contributed by atoms with Crippen LogP contribution >= 0.6 is 23.2 Å². The second kappa shape index (κ2) is 8.59. The van der Waals surface area contributed by atoms with Gasteiger partial charge < -0.3 is 14.4 Å². The van der Waals surface area contributed by atoms with Gasteiger partial charge in [0.05, 0.1) is 11.8 Å². The van der Waals surface area contributed by atoms with Crippen molar-refractivity contribution in [3.63, 3.8) is 0 Å². The molecule has 2 aromatic carbocycles. The molecule has 0 saturated heterocycles. The molecule has 4 rings (SSSR count). The van der Waals surface area contributed by atoms with E-state index in [9.17, 15) is 9.35 Å². The first kappa shape index (κ1) is 21.2. The molecule has 3 aromatic rings. The van der Waals surface area contributed by atoms with Gasteiger partial charge in [-0.3, -0.25) is 4.79 Å². The molecule has 1 atom stereocenters. The molecule has 1 aliphatic rings. The summed E-state index contributed by atoms with van der Waals surface area (Å²) in [4.78, 5) is 17.4. The number of nitrogens with zero attached hydrogens (tertiary/aromatic N) is 2. The zero-order valence-corrected chi connectivity index (χ0v) is 18.5. The van der Waals surface area contributed by atoms with Crippen LogP contribution in [0.5, 0.6) is 0 Å². The second-order valence-corrected chi connectivity index (χ2v) is 9.71. The molecule has 1 N–H and O–H groups in total. The zero-order chi connectivity index (χ0) is 21.3. The first-order valence-electron chi connectivity index (χ1n) is 9.46. The normalized spacial score (nSPS) is 15.6. The van der Waals surface area contributed by atoms with E-state index in [1.54, 1.807) is 24.3 Å². The average molecular weight is 464 g/mol. The van der Waals surface area contributed by atoms with Gasteiger partial charge in [-0.05, 0) is 60.8 Å². The van der Waals surface area contributed by atoms with Crippen molar-refractivity contribution >= 4 is 46.0 Å². The van der Waals surface area contributed by atoms with Crippen molar-refractivity contribution in [2.45, 2.75) is 36.5 Å². The molecule has 1 amide bonds. The maximum Gasteiger partial charge on any atom is 0.228 e. The lowest BCUT2D eigenvalue weighted by molar-refractivity contribution is -0.115. The molecule has 30 heavy (non-hydrogen) atoms. The Kier molecular flexibility index (Phi) is 6.06. The number of carbonyl (C=O) groups excluding carboxylic acids is 1. The van der Waals surface area contributed by atoms with Crippen LogP contribution in [0, 0.1) is 0 Å². The third-order valence-electron chi connectivity index (χ3n) is 5.16. The number of halogens is 2.